The molecule has 3 atom stereocenters. The third-order valence-corrected chi connectivity index (χ3v) is 2.66. The van der Waals surface area contributed by atoms with E-state index in [4.69, 9.17) is 5.73 Å². The summed E-state index contributed by atoms with van der Waals surface area (Å²) in [5.74, 6) is 0.419. The van der Waals surface area contributed by atoms with Crippen molar-refractivity contribution in [3.8, 4) is 0 Å². The molecule has 3 unspecified atom stereocenters. The van der Waals surface area contributed by atoms with Crippen LogP contribution in [0.5, 0.6) is 0 Å². The van der Waals surface area contributed by atoms with Crippen molar-refractivity contribution in [2.24, 2.45) is 11.7 Å². The summed E-state index contributed by atoms with van der Waals surface area (Å²) in [6.07, 6.45) is 0.0465. The second-order valence-corrected chi connectivity index (χ2v) is 3.56. The van der Waals surface area contributed by atoms with Crippen LogP contribution in [0.15, 0.2) is 30.3 Å². The molecular weight excluding hydrogens is 198 g/mol. The third kappa shape index (κ3) is 2.07. The van der Waals surface area contributed by atoms with Crippen LogP contribution in [0, 0.1) is 5.92 Å². The highest BCUT2D eigenvalue weighted by Gasteiger charge is 2.30. The minimum absolute atomic E-state index is 0. The summed E-state index contributed by atoms with van der Waals surface area (Å²) in [4.78, 5) is 0. The number of hydrogen-bond donors (Lipinski definition) is 3. The second kappa shape index (κ2) is 4.75. The van der Waals surface area contributed by atoms with Crippen LogP contribution in [0.1, 0.15) is 18.5 Å². The number of nitrogens with one attached hydrogen (secondary N) is 2. The Morgan fingerprint density at radius 2 is 1.79 bits per heavy atom. The molecule has 4 N–H and O–H groups in total. The summed E-state index contributed by atoms with van der Waals surface area (Å²) in [7, 11) is 0. The smallest absolute Gasteiger partial charge is 0.0723 e. The van der Waals surface area contributed by atoms with Gasteiger partial charge in [-0.3, -0.25) is 0 Å². The molecule has 4 heteroatoms. The molecule has 0 bridgehead atoms. The minimum atomic E-state index is 0. The highest BCUT2D eigenvalue weighted by Crippen LogP contribution is 2.25. The Labute approximate surface area is 90.4 Å². The molecule has 0 aliphatic carbocycles. The maximum atomic E-state index is 5.83. The lowest BCUT2D eigenvalue weighted by Crippen LogP contribution is -2.38. The molecule has 1 saturated heterocycles. The van der Waals surface area contributed by atoms with Gasteiger partial charge in [-0.15, -0.1) is 12.4 Å². The second-order valence-electron chi connectivity index (χ2n) is 3.56. The molecule has 0 saturated carbocycles. The first-order valence-corrected chi connectivity index (χ1v) is 4.60. The third-order valence-electron chi connectivity index (χ3n) is 2.66. The molecule has 2 rings (SSSR count). The predicted octanol–water partition coefficient (Wildman–Crippen LogP) is 1.18. The topological polar surface area (TPSA) is 50.1 Å². The first kappa shape index (κ1) is 11.5. The van der Waals surface area contributed by atoms with Crippen molar-refractivity contribution in [3.63, 3.8) is 0 Å². The summed E-state index contributed by atoms with van der Waals surface area (Å²) in [5, 5.41) is 0. The van der Waals surface area contributed by atoms with E-state index in [-0.39, 0.29) is 18.6 Å². The Morgan fingerprint density at radius 1 is 1.14 bits per heavy atom. The zero-order valence-corrected chi connectivity index (χ0v) is 8.92. The van der Waals surface area contributed by atoms with Gasteiger partial charge in [-0.05, 0) is 5.56 Å². The van der Waals surface area contributed by atoms with Gasteiger partial charge < -0.3 is 5.73 Å². The van der Waals surface area contributed by atoms with Crippen molar-refractivity contribution < 1.29 is 0 Å². The molecule has 0 amide bonds. The average molecular weight is 214 g/mol. The first-order chi connectivity index (χ1) is 6.29. The molecule has 14 heavy (non-hydrogen) atoms. The van der Waals surface area contributed by atoms with E-state index in [1.54, 1.807) is 0 Å². The highest BCUT2D eigenvalue weighted by molar-refractivity contribution is 5.85. The normalized spacial score (nSPS) is 31.1. The van der Waals surface area contributed by atoms with Gasteiger partial charge in [0.1, 0.15) is 0 Å². The van der Waals surface area contributed by atoms with Crippen LogP contribution in [0.25, 0.3) is 0 Å². The van der Waals surface area contributed by atoms with Crippen molar-refractivity contribution in [3.05, 3.63) is 35.9 Å². The molecule has 1 aromatic carbocycles. The van der Waals surface area contributed by atoms with Gasteiger partial charge in [0.25, 0.3) is 0 Å². The van der Waals surface area contributed by atoms with Crippen LogP contribution in [0.2, 0.25) is 0 Å². The first-order valence-electron chi connectivity index (χ1n) is 4.60. The lowest BCUT2D eigenvalue weighted by Gasteiger charge is -2.15. The Morgan fingerprint density at radius 3 is 2.29 bits per heavy atom. The van der Waals surface area contributed by atoms with Gasteiger partial charge in [0.05, 0.1) is 12.2 Å². The van der Waals surface area contributed by atoms with E-state index in [2.05, 4.69) is 29.9 Å². The number of nitrogens with two attached hydrogens (primary N) is 1. The lowest BCUT2D eigenvalue weighted by molar-refractivity contribution is 0.463. The van der Waals surface area contributed by atoms with E-state index in [1.807, 2.05) is 18.2 Å². The molecule has 0 aromatic heterocycles. The molecule has 1 aliphatic rings. The van der Waals surface area contributed by atoms with E-state index in [1.165, 1.54) is 5.56 Å². The average Bonchev–Trinajstić information content (AvgIpc) is 2.49. The van der Waals surface area contributed by atoms with Gasteiger partial charge in [0.2, 0.25) is 0 Å². The highest BCUT2D eigenvalue weighted by atomic mass is 35.5. The standard InChI is InChI=1S/C10H15N3.ClH/c1-7-9(12-13-10(7)11)8-5-3-2-4-6-8;/h2-7,9-10,12-13H,11H2,1H3;1H. The molecule has 1 aromatic rings. The van der Waals surface area contributed by atoms with E-state index in [9.17, 15) is 0 Å². The predicted molar refractivity (Wildman–Crippen MR) is 59.8 cm³/mol. The van der Waals surface area contributed by atoms with Gasteiger partial charge >= 0.3 is 0 Å². The molecule has 0 radical (unpaired) electrons. The fourth-order valence-electron chi connectivity index (χ4n) is 1.70. The Kier molecular flexibility index (Phi) is 3.89. The number of hydrogen-bond acceptors (Lipinski definition) is 3. The van der Waals surface area contributed by atoms with Crippen molar-refractivity contribution in [1.29, 1.82) is 0 Å². The van der Waals surface area contributed by atoms with E-state index >= 15 is 0 Å². The fraction of sp³-hybridized carbons (Fsp3) is 0.400. The van der Waals surface area contributed by atoms with E-state index < -0.39 is 0 Å². The Bertz CT molecular complexity index is 278. The largest absolute Gasteiger partial charge is 0.315 e. The summed E-state index contributed by atoms with van der Waals surface area (Å²) >= 11 is 0. The Balaban J connectivity index is 0.000000980. The summed E-state index contributed by atoms with van der Waals surface area (Å²) < 4.78 is 0. The molecule has 0 spiro atoms. The summed E-state index contributed by atoms with van der Waals surface area (Å²) in [5.41, 5.74) is 13.4. The van der Waals surface area contributed by atoms with Crippen LogP contribution in [0.3, 0.4) is 0 Å². The van der Waals surface area contributed by atoms with Gasteiger partial charge in [-0.2, -0.15) is 0 Å². The van der Waals surface area contributed by atoms with Crippen molar-refractivity contribution in [1.82, 2.24) is 10.9 Å². The maximum absolute atomic E-state index is 5.83. The lowest BCUT2D eigenvalue weighted by atomic mass is 9.95. The minimum Gasteiger partial charge on any atom is -0.315 e. The monoisotopic (exact) mass is 213 g/mol. The molecule has 1 aliphatic heterocycles. The van der Waals surface area contributed by atoms with Crippen LogP contribution < -0.4 is 16.6 Å². The van der Waals surface area contributed by atoms with Gasteiger partial charge in [0.15, 0.2) is 0 Å². The zero-order chi connectivity index (χ0) is 9.26. The molecular formula is C10H16ClN3. The molecule has 1 heterocycles. The van der Waals surface area contributed by atoms with Crippen LogP contribution >= 0.6 is 12.4 Å². The fourth-order valence-corrected chi connectivity index (χ4v) is 1.70. The van der Waals surface area contributed by atoms with E-state index in [0.29, 0.717) is 12.0 Å². The van der Waals surface area contributed by atoms with Gasteiger partial charge in [-0.1, -0.05) is 37.3 Å². The van der Waals surface area contributed by atoms with Gasteiger partial charge in [-0.25, -0.2) is 10.9 Å². The SMILES string of the molecule is CC1C(N)NNC1c1ccccc1.Cl. The number of rotatable bonds is 1. The van der Waals surface area contributed by atoms with Gasteiger partial charge in [0, 0.05) is 5.92 Å². The molecule has 1 fully saturated rings. The molecule has 3 nitrogen and oxygen atoms in total. The van der Waals surface area contributed by atoms with E-state index in [0.717, 1.165) is 0 Å². The molecule has 78 valence electrons. The zero-order valence-electron chi connectivity index (χ0n) is 8.10. The summed E-state index contributed by atoms with van der Waals surface area (Å²) in [6.45, 7) is 2.15. The van der Waals surface area contributed by atoms with Crippen LogP contribution in [0.4, 0.5) is 0 Å². The van der Waals surface area contributed by atoms with Crippen LogP contribution in [-0.4, -0.2) is 6.17 Å². The van der Waals surface area contributed by atoms with Crippen molar-refractivity contribution in [2.75, 3.05) is 0 Å². The quantitative estimate of drug-likeness (QED) is 0.657. The maximum Gasteiger partial charge on any atom is 0.0723 e. The summed E-state index contributed by atoms with van der Waals surface area (Å²) in [6, 6.07) is 10.7. The number of halogens is 1. The van der Waals surface area contributed by atoms with Crippen molar-refractivity contribution in [2.45, 2.75) is 19.1 Å². The van der Waals surface area contributed by atoms with Crippen LogP contribution in [-0.2, 0) is 0 Å². The number of hydrazine groups is 1. The Hall–Kier alpha value is -0.610. The number of benzene rings is 1. The van der Waals surface area contributed by atoms with Crippen molar-refractivity contribution >= 4 is 12.4 Å².